The van der Waals surface area contributed by atoms with Gasteiger partial charge in [-0.15, -0.1) is 0 Å². The van der Waals surface area contributed by atoms with Crippen molar-refractivity contribution >= 4 is 15.7 Å². The molecule has 1 aliphatic rings. The molecule has 1 saturated carbocycles. The Morgan fingerprint density at radius 1 is 1.00 bits per heavy atom. The van der Waals surface area contributed by atoms with Crippen LogP contribution in [-0.2, 0) is 11.3 Å². The molecule has 2 unspecified atom stereocenters. The van der Waals surface area contributed by atoms with Crippen LogP contribution in [0.15, 0.2) is 30.3 Å². The highest BCUT2D eigenvalue weighted by atomic mass is 16.5. The summed E-state index contributed by atoms with van der Waals surface area (Å²) in [6, 6.07) is 10.5. The third-order valence-corrected chi connectivity index (χ3v) is 5.34. The number of rotatable bonds is 10. The van der Waals surface area contributed by atoms with Gasteiger partial charge in [0.15, 0.2) is 0 Å². The van der Waals surface area contributed by atoms with E-state index in [4.69, 9.17) is 4.74 Å². The molecule has 1 fully saturated rings. The number of unbranched alkanes of at least 4 members (excludes halogenated alkanes) is 3. The minimum absolute atomic E-state index is 0.558. The Morgan fingerprint density at radius 2 is 1.71 bits per heavy atom. The van der Waals surface area contributed by atoms with Gasteiger partial charge in [0.2, 0.25) is 0 Å². The topological polar surface area (TPSA) is 9.23 Å². The fourth-order valence-electron chi connectivity index (χ4n) is 3.77. The zero-order valence-electron chi connectivity index (χ0n) is 14.1. The maximum absolute atomic E-state index is 5.86. The Bertz CT molecular complexity index is 405. The number of benzene rings is 1. The first-order chi connectivity index (χ1) is 10.2. The molecule has 0 bridgehead atoms. The summed E-state index contributed by atoms with van der Waals surface area (Å²) in [5.74, 6) is 1.82. The molecule has 114 valence electrons. The van der Waals surface area contributed by atoms with Crippen LogP contribution in [0.3, 0.4) is 0 Å². The van der Waals surface area contributed by atoms with E-state index in [1.165, 1.54) is 44.1 Å². The van der Waals surface area contributed by atoms with Gasteiger partial charge in [0, 0.05) is 6.61 Å². The van der Waals surface area contributed by atoms with Crippen LogP contribution in [0.2, 0.25) is 5.21 Å². The predicted molar refractivity (Wildman–Crippen MR) is 96.2 cm³/mol. The van der Waals surface area contributed by atoms with Crippen molar-refractivity contribution in [2.75, 3.05) is 6.61 Å². The van der Waals surface area contributed by atoms with Gasteiger partial charge < -0.3 is 4.74 Å². The van der Waals surface area contributed by atoms with Crippen LogP contribution in [0.25, 0.3) is 0 Å². The molecule has 0 radical (unpaired) electrons. The van der Waals surface area contributed by atoms with E-state index in [1.54, 1.807) is 0 Å². The maximum Gasteiger partial charge on any atom is 0.0999 e. The van der Waals surface area contributed by atoms with Crippen LogP contribution in [-0.4, -0.2) is 22.3 Å². The molecule has 0 amide bonds. The molecular weight excluding hydrogens is 254 g/mol. The van der Waals surface area contributed by atoms with Gasteiger partial charge in [-0.25, -0.2) is 0 Å². The second kappa shape index (κ2) is 8.08. The van der Waals surface area contributed by atoms with E-state index in [-0.39, 0.29) is 0 Å². The Balaban J connectivity index is 1.60. The molecular formula is C18H30B2O. The van der Waals surface area contributed by atoms with Gasteiger partial charge in [-0.1, -0.05) is 74.6 Å². The molecule has 2 rings (SSSR count). The minimum Gasteiger partial charge on any atom is -0.377 e. The van der Waals surface area contributed by atoms with E-state index >= 15 is 0 Å². The van der Waals surface area contributed by atoms with Gasteiger partial charge >= 0.3 is 0 Å². The molecule has 0 aliphatic heterocycles. The molecule has 1 nitrogen and oxygen atoms in total. The lowest BCUT2D eigenvalue weighted by atomic mass is 9.63. The van der Waals surface area contributed by atoms with Crippen molar-refractivity contribution in [1.29, 1.82) is 0 Å². The summed E-state index contributed by atoms with van der Waals surface area (Å²) >= 11 is 0. The van der Waals surface area contributed by atoms with Gasteiger partial charge in [-0.3, -0.25) is 0 Å². The van der Waals surface area contributed by atoms with E-state index in [2.05, 4.69) is 52.9 Å². The fourth-order valence-corrected chi connectivity index (χ4v) is 3.77. The molecule has 3 heteroatoms. The highest BCUT2D eigenvalue weighted by Crippen LogP contribution is 2.64. The number of hydrogen-bond acceptors (Lipinski definition) is 1. The zero-order valence-corrected chi connectivity index (χ0v) is 14.1. The van der Waals surface area contributed by atoms with Crippen LogP contribution < -0.4 is 0 Å². The zero-order chi connectivity index (χ0) is 15.1. The van der Waals surface area contributed by atoms with Crippen molar-refractivity contribution in [3.8, 4) is 0 Å². The Morgan fingerprint density at radius 3 is 2.43 bits per heavy atom. The van der Waals surface area contributed by atoms with Crippen molar-refractivity contribution in [2.24, 2.45) is 11.8 Å². The van der Waals surface area contributed by atoms with Gasteiger partial charge in [0.1, 0.15) is 0 Å². The second-order valence-corrected chi connectivity index (χ2v) is 7.21. The summed E-state index contributed by atoms with van der Waals surface area (Å²) in [4.78, 5) is 0. The summed E-state index contributed by atoms with van der Waals surface area (Å²) in [5, 5.41) is 0.558. The van der Waals surface area contributed by atoms with Crippen LogP contribution in [0.5, 0.6) is 0 Å². The van der Waals surface area contributed by atoms with Crippen LogP contribution in [0.4, 0.5) is 0 Å². The van der Waals surface area contributed by atoms with Crippen LogP contribution in [0.1, 0.15) is 51.0 Å². The molecule has 0 N–H and O–H groups in total. The summed E-state index contributed by atoms with van der Waals surface area (Å²) in [5.41, 5.74) is 1.28. The van der Waals surface area contributed by atoms with Gasteiger partial charge in [0.25, 0.3) is 0 Å². The lowest BCUT2D eigenvalue weighted by Crippen LogP contribution is -2.00. The standard InChI is InChI=1S/C18H30B2O/c1-2-3-4-8-11-16-17(18(16,19)20)12-13-21-14-15-9-6-5-7-10-15/h5-7,9-10,16-17H,2-4,8,11-14,19-20H2,1H3. The largest absolute Gasteiger partial charge is 0.377 e. The lowest BCUT2D eigenvalue weighted by Gasteiger charge is -2.05. The van der Waals surface area contributed by atoms with Gasteiger partial charge in [-0.05, 0) is 23.8 Å². The second-order valence-electron chi connectivity index (χ2n) is 7.21. The van der Waals surface area contributed by atoms with Crippen molar-refractivity contribution in [3.05, 3.63) is 35.9 Å². The van der Waals surface area contributed by atoms with Gasteiger partial charge in [-0.2, -0.15) is 0 Å². The summed E-state index contributed by atoms with van der Waals surface area (Å²) in [6.45, 7) is 3.96. The summed E-state index contributed by atoms with van der Waals surface area (Å²) in [6.07, 6.45) is 8.24. The van der Waals surface area contributed by atoms with Crippen LogP contribution in [0, 0.1) is 11.8 Å². The first-order valence-corrected chi connectivity index (χ1v) is 8.78. The summed E-state index contributed by atoms with van der Waals surface area (Å²) in [7, 11) is 4.89. The molecule has 2 atom stereocenters. The monoisotopic (exact) mass is 284 g/mol. The average Bonchev–Trinajstić information content (AvgIpc) is 3.01. The van der Waals surface area contributed by atoms with E-state index in [9.17, 15) is 0 Å². The molecule has 21 heavy (non-hydrogen) atoms. The minimum atomic E-state index is 0.558. The number of ether oxygens (including phenoxy) is 1. The smallest absolute Gasteiger partial charge is 0.0999 e. The third kappa shape index (κ3) is 4.92. The van der Waals surface area contributed by atoms with E-state index in [1.807, 2.05) is 0 Å². The van der Waals surface area contributed by atoms with Crippen LogP contribution >= 0.6 is 0 Å². The Hall–Kier alpha value is -0.690. The Labute approximate surface area is 132 Å². The van der Waals surface area contributed by atoms with E-state index in [0.717, 1.165) is 25.0 Å². The normalized spacial score (nSPS) is 23.1. The van der Waals surface area contributed by atoms with E-state index in [0.29, 0.717) is 5.21 Å². The molecule has 0 heterocycles. The molecule has 0 aromatic heterocycles. The van der Waals surface area contributed by atoms with Crippen molar-refractivity contribution in [2.45, 2.75) is 57.3 Å². The fraction of sp³-hybridized carbons (Fsp3) is 0.667. The molecule has 1 aromatic carbocycles. The molecule has 0 saturated heterocycles. The first-order valence-electron chi connectivity index (χ1n) is 8.78. The predicted octanol–water partition coefficient (Wildman–Crippen LogP) is 3.19. The molecule has 1 aliphatic carbocycles. The van der Waals surface area contributed by atoms with Crippen molar-refractivity contribution in [1.82, 2.24) is 0 Å². The summed E-state index contributed by atoms with van der Waals surface area (Å²) < 4.78 is 5.86. The van der Waals surface area contributed by atoms with Crippen molar-refractivity contribution in [3.63, 3.8) is 0 Å². The molecule has 1 aromatic rings. The van der Waals surface area contributed by atoms with E-state index < -0.39 is 0 Å². The highest BCUT2D eigenvalue weighted by Gasteiger charge is 2.54. The third-order valence-electron chi connectivity index (χ3n) is 5.34. The quantitative estimate of drug-likeness (QED) is 0.473. The van der Waals surface area contributed by atoms with Gasteiger partial charge in [0.05, 0.1) is 22.3 Å². The first kappa shape index (κ1) is 16.7. The molecule has 0 spiro atoms. The Kier molecular flexibility index (Phi) is 6.41. The number of hydrogen-bond donors (Lipinski definition) is 0. The van der Waals surface area contributed by atoms with Crippen molar-refractivity contribution < 1.29 is 4.74 Å². The lowest BCUT2D eigenvalue weighted by molar-refractivity contribution is 0.113. The SMILES string of the molecule is BC1(B)C(CCCCCC)C1CCOCc1ccccc1. The highest BCUT2D eigenvalue weighted by molar-refractivity contribution is 6.42. The average molecular weight is 284 g/mol. The maximum atomic E-state index is 5.86.